The number of carbonyl (C=O) groups excluding carboxylic acids is 2. The predicted octanol–water partition coefficient (Wildman–Crippen LogP) is 8.09. The first-order chi connectivity index (χ1) is 25.0. The van der Waals surface area contributed by atoms with E-state index < -0.39 is 35.2 Å². The lowest BCUT2D eigenvalue weighted by molar-refractivity contribution is -0.145. The molecule has 0 spiro atoms. The first-order valence-electron chi connectivity index (χ1n) is 17.7. The van der Waals surface area contributed by atoms with Crippen molar-refractivity contribution in [3.05, 3.63) is 119 Å². The van der Waals surface area contributed by atoms with Crippen LogP contribution in [0.5, 0.6) is 0 Å². The Morgan fingerprint density at radius 1 is 0.519 bits per heavy atom. The van der Waals surface area contributed by atoms with Gasteiger partial charge in [0, 0.05) is 11.8 Å². The van der Waals surface area contributed by atoms with Gasteiger partial charge in [0.25, 0.3) is 0 Å². The van der Waals surface area contributed by atoms with E-state index in [4.69, 9.17) is 9.47 Å². The zero-order valence-electron chi connectivity index (χ0n) is 29.4. The number of nitrogens with one attached hydrogen (secondary N) is 2. The fraction of sp³-hybridized carbons (Fsp3) is 0.333. The Morgan fingerprint density at radius 3 is 1.10 bits per heavy atom. The highest BCUT2D eigenvalue weighted by Crippen LogP contribution is 2.45. The van der Waals surface area contributed by atoms with Crippen molar-refractivity contribution in [1.82, 2.24) is 10.6 Å². The quantitative estimate of drug-likeness (QED) is 0.0907. The van der Waals surface area contributed by atoms with Gasteiger partial charge >= 0.3 is 24.1 Å². The molecule has 0 saturated heterocycles. The van der Waals surface area contributed by atoms with Crippen molar-refractivity contribution >= 4 is 24.1 Å². The molecule has 0 fully saturated rings. The van der Waals surface area contributed by atoms with Crippen molar-refractivity contribution in [2.24, 2.45) is 0 Å². The molecule has 2 atom stereocenters. The van der Waals surface area contributed by atoms with Crippen LogP contribution in [0.25, 0.3) is 22.3 Å². The molecule has 2 aliphatic rings. The van der Waals surface area contributed by atoms with E-state index >= 15 is 0 Å². The first-order valence-corrected chi connectivity index (χ1v) is 17.7. The number of fused-ring (bicyclic) bond motifs is 6. The number of alkyl carbamates (subject to hydrolysis) is 2. The van der Waals surface area contributed by atoms with Crippen LogP contribution in [0.2, 0.25) is 0 Å². The SMILES string of the molecule is C[C@@](CCCCCC[C@](C)(NC(=O)OCC1c2ccccc2-c2ccccc21)C(=O)O)(NC(=O)OCC1c2ccccc2-c2ccccc21)C(=O)O. The van der Waals surface area contributed by atoms with E-state index in [0.717, 1.165) is 44.5 Å². The lowest BCUT2D eigenvalue weighted by Crippen LogP contribution is -2.52. The van der Waals surface area contributed by atoms with Crippen LogP contribution in [0.4, 0.5) is 9.59 Å². The minimum Gasteiger partial charge on any atom is -0.480 e. The molecule has 0 unspecified atom stereocenters. The monoisotopic (exact) mass is 704 g/mol. The van der Waals surface area contributed by atoms with E-state index in [0.29, 0.717) is 25.7 Å². The number of unbranched alkanes of at least 4 members (excludes halogenated alkanes) is 3. The van der Waals surface area contributed by atoms with Crippen molar-refractivity contribution in [3.8, 4) is 22.3 Å². The second-order valence-electron chi connectivity index (χ2n) is 14.1. The maximum atomic E-state index is 12.9. The molecule has 0 saturated carbocycles. The molecule has 270 valence electrons. The number of benzene rings is 4. The van der Waals surface area contributed by atoms with Gasteiger partial charge in [0.15, 0.2) is 0 Å². The van der Waals surface area contributed by atoms with Crippen LogP contribution < -0.4 is 10.6 Å². The van der Waals surface area contributed by atoms with Crippen molar-refractivity contribution in [3.63, 3.8) is 0 Å². The molecule has 6 rings (SSSR count). The van der Waals surface area contributed by atoms with E-state index in [1.165, 1.54) is 13.8 Å². The average molecular weight is 705 g/mol. The van der Waals surface area contributed by atoms with Crippen LogP contribution in [0.1, 0.15) is 86.5 Å². The second-order valence-corrected chi connectivity index (χ2v) is 14.1. The topological polar surface area (TPSA) is 151 Å². The number of carboxylic acids is 2. The summed E-state index contributed by atoms with van der Waals surface area (Å²) in [6, 6.07) is 31.9. The maximum Gasteiger partial charge on any atom is 0.408 e. The van der Waals surface area contributed by atoms with E-state index in [9.17, 15) is 29.4 Å². The molecule has 0 heterocycles. The summed E-state index contributed by atoms with van der Waals surface area (Å²) in [6.07, 6.45) is 0.825. The lowest BCUT2D eigenvalue weighted by Gasteiger charge is -2.27. The Hall–Kier alpha value is -5.64. The van der Waals surface area contributed by atoms with E-state index in [1.807, 2.05) is 97.1 Å². The molecule has 0 radical (unpaired) electrons. The molecule has 0 bridgehead atoms. The largest absolute Gasteiger partial charge is 0.480 e. The average Bonchev–Trinajstić information content (AvgIpc) is 3.63. The molecule has 4 aromatic rings. The zero-order valence-corrected chi connectivity index (χ0v) is 29.4. The Bertz CT molecular complexity index is 1740. The molecule has 4 aromatic carbocycles. The normalized spacial score (nSPS) is 15.2. The van der Waals surface area contributed by atoms with Gasteiger partial charge in [-0.3, -0.25) is 0 Å². The van der Waals surface area contributed by atoms with Crippen LogP contribution in [-0.2, 0) is 19.1 Å². The summed E-state index contributed by atoms with van der Waals surface area (Å²) < 4.78 is 11.2. The third-order valence-electron chi connectivity index (χ3n) is 10.5. The Kier molecular flexibility index (Phi) is 10.6. The van der Waals surface area contributed by atoms with Crippen molar-refractivity contribution < 1.29 is 38.9 Å². The molecule has 0 aromatic heterocycles. The fourth-order valence-electron chi connectivity index (χ4n) is 7.48. The van der Waals surface area contributed by atoms with Gasteiger partial charge < -0.3 is 30.3 Å². The number of amides is 2. The van der Waals surface area contributed by atoms with Gasteiger partial charge in [-0.15, -0.1) is 0 Å². The molecular formula is C42H44N2O8. The second kappa shape index (κ2) is 15.3. The molecule has 52 heavy (non-hydrogen) atoms. The van der Waals surface area contributed by atoms with Gasteiger partial charge in [-0.05, 0) is 71.2 Å². The van der Waals surface area contributed by atoms with Crippen LogP contribution in [0, 0.1) is 0 Å². The van der Waals surface area contributed by atoms with E-state index in [2.05, 4.69) is 10.6 Å². The standard InChI is InChI=1S/C42H44N2O8/c1-41(37(45)46,43-39(49)51-25-35-31-19-9-5-15-27(31)28-16-6-10-20-32(28)35)23-13-3-4-14-24-42(2,38(47)48)44-40(50)52-26-36-33-21-11-7-17-29(33)30-18-8-12-22-34(30)36/h5-12,15-22,35-36H,3-4,13-14,23-26H2,1-2H3,(H,43,49)(H,44,50)(H,45,46)(H,47,48)/t41-,42-/m0/s1. The van der Waals surface area contributed by atoms with Gasteiger partial charge in [0.2, 0.25) is 0 Å². The molecule has 2 aliphatic carbocycles. The predicted molar refractivity (Wildman–Crippen MR) is 196 cm³/mol. The smallest absolute Gasteiger partial charge is 0.408 e. The summed E-state index contributed by atoms with van der Waals surface area (Å²) in [5.41, 5.74) is 5.52. The number of hydrogen-bond acceptors (Lipinski definition) is 6. The number of aliphatic carboxylic acids is 2. The van der Waals surface area contributed by atoms with Gasteiger partial charge in [-0.1, -0.05) is 123 Å². The molecule has 10 nitrogen and oxygen atoms in total. The van der Waals surface area contributed by atoms with Gasteiger partial charge in [0.1, 0.15) is 24.3 Å². The van der Waals surface area contributed by atoms with Crippen molar-refractivity contribution in [1.29, 1.82) is 0 Å². The Balaban J connectivity index is 0.945. The van der Waals surface area contributed by atoms with Crippen molar-refractivity contribution in [2.75, 3.05) is 13.2 Å². The van der Waals surface area contributed by atoms with E-state index in [1.54, 1.807) is 0 Å². The third kappa shape index (κ3) is 7.51. The lowest BCUT2D eigenvalue weighted by atomic mass is 9.91. The number of rotatable bonds is 15. The molecule has 10 heteroatoms. The highest BCUT2D eigenvalue weighted by Gasteiger charge is 2.38. The number of ether oxygens (including phenoxy) is 2. The minimum absolute atomic E-state index is 0.0714. The van der Waals surface area contributed by atoms with E-state index in [-0.39, 0.29) is 37.9 Å². The van der Waals surface area contributed by atoms with Crippen LogP contribution in [0.3, 0.4) is 0 Å². The van der Waals surface area contributed by atoms with Crippen LogP contribution in [-0.4, -0.2) is 58.6 Å². The Morgan fingerprint density at radius 2 is 0.808 bits per heavy atom. The summed E-state index contributed by atoms with van der Waals surface area (Å²) >= 11 is 0. The Labute approximate surface area is 303 Å². The van der Waals surface area contributed by atoms with Crippen molar-refractivity contribution in [2.45, 2.75) is 75.3 Å². The van der Waals surface area contributed by atoms with Crippen LogP contribution in [0.15, 0.2) is 97.1 Å². The van der Waals surface area contributed by atoms with Gasteiger partial charge in [-0.2, -0.15) is 0 Å². The number of hydrogen-bond donors (Lipinski definition) is 4. The summed E-state index contributed by atoms with van der Waals surface area (Å²) in [5, 5.41) is 25.1. The highest BCUT2D eigenvalue weighted by molar-refractivity contribution is 5.85. The van der Waals surface area contributed by atoms with Gasteiger partial charge in [0.05, 0.1) is 0 Å². The molecular weight excluding hydrogens is 660 g/mol. The summed E-state index contributed by atoms with van der Waals surface area (Å²) in [6.45, 7) is 3.05. The summed E-state index contributed by atoms with van der Waals surface area (Å²) in [7, 11) is 0. The third-order valence-corrected chi connectivity index (χ3v) is 10.5. The van der Waals surface area contributed by atoms with Gasteiger partial charge in [-0.25, -0.2) is 19.2 Å². The summed E-state index contributed by atoms with van der Waals surface area (Å²) in [4.78, 5) is 50.2. The molecule has 2 amide bonds. The number of carboxylic acid groups (broad SMARTS) is 2. The maximum absolute atomic E-state index is 12.9. The first kappa shape index (κ1) is 36.2. The highest BCUT2D eigenvalue weighted by atomic mass is 16.6. The minimum atomic E-state index is -1.55. The zero-order chi connectivity index (χ0) is 36.9. The number of carbonyl (C=O) groups is 4. The molecule has 0 aliphatic heterocycles. The van der Waals surface area contributed by atoms with Crippen LogP contribution >= 0.6 is 0 Å². The summed E-state index contributed by atoms with van der Waals surface area (Å²) in [5.74, 6) is -2.65. The molecule has 4 N–H and O–H groups in total. The fourth-order valence-corrected chi connectivity index (χ4v) is 7.48.